The zero-order valence-corrected chi connectivity index (χ0v) is 10.3. The number of imidazole rings is 1. The number of fused-ring (bicyclic) bond motifs is 1. The molecule has 0 bridgehead atoms. The van der Waals surface area contributed by atoms with E-state index in [1.165, 1.54) is 26.5 Å². The second-order valence-electron chi connectivity index (χ2n) is 3.79. The van der Waals surface area contributed by atoms with Crippen molar-refractivity contribution in [3.05, 3.63) is 55.6 Å². The van der Waals surface area contributed by atoms with E-state index in [9.17, 15) is 14.9 Å². The molecule has 3 aromatic rings. The van der Waals surface area contributed by atoms with Crippen molar-refractivity contribution in [1.82, 2.24) is 18.9 Å². The van der Waals surface area contributed by atoms with Gasteiger partial charge in [-0.1, -0.05) is 0 Å². The second kappa shape index (κ2) is 4.28. The van der Waals surface area contributed by atoms with Crippen LogP contribution in [0.25, 0.3) is 5.65 Å². The van der Waals surface area contributed by atoms with Crippen molar-refractivity contribution in [2.75, 3.05) is 0 Å². The zero-order chi connectivity index (χ0) is 13.4. The van der Waals surface area contributed by atoms with E-state index in [0.717, 1.165) is 4.88 Å². The first-order valence-electron chi connectivity index (χ1n) is 5.25. The highest BCUT2D eigenvalue weighted by atomic mass is 32.1. The summed E-state index contributed by atoms with van der Waals surface area (Å²) in [6, 6.07) is 0. The van der Waals surface area contributed by atoms with Gasteiger partial charge in [0.05, 0.1) is 12.1 Å². The summed E-state index contributed by atoms with van der Waals surface area (Å²) in [5.41, 5.74) is 1.35. The fourth-order valence-corrected chi connectivity index (χ4v) is 2.29. The van der Waals surface area contributed by atoms with Crippen LogP contribution < -0.4 is 5.56 Å². The number of nitro groups is 1. The molecule has 0 saturated heterocycles. The van der Waals surface area contributed by atoms with Gasteiger partial charge in [0, 0.05) is 23.5 Å². The number of rotatable bonds is 3. The van der Waals surface area contributed by atoms with Crippen molar-refractivity contribution in [2.24, 2.45) is 0 Å². The van der Waals surface area contributed by atoms with Crippen LogP contribution in [0.1, 0.15) is 4.88 Å². The van der Waals surface area contributed by atoms with Crippen molar-refractivity contribution >= 4 is 22.8 Å². The van der Waals surface area contributed by atoms with Crippen LogP contribution in [0.5, 0.6) is 0 Å². The molecular formula is C10H7N5O3S. The Kier molecular flexibility index (Phi) is 2.60. The van der Waals surface area contributed by atoms with Crippen LogP contribution in [0.2, 0.25) is 0 Å². The van der Waals surface area contributed by atoms with Gasteiger partial charge in [-0.15, -0.1) is 11.3 Å². The quantitative estimate of drug-likeness (QED) is 0.523. The van der Waals surface area contributed by atoms with E-state index in [2.05, 4.69) is 9.97 Å². The molecule has 9 heteroatoms. The van der Waals surface area contributed by atoms with Gasteiger partial charge >= 0.3 is 17.0 Å². The third-order valence-corrected chi connectivity index (χ3v) is 3.34. The van der Waals surface area contributed by atoms with E-state index in [-0.39, 0.29) is 17.0 Å². The maximum absolute atomic E-state index is 12.1. The summed E-state index contributed by atoms with van der Waals surface area (Å²) in [6.07, 6.45) is 6.03. The van der Waals surface area contributed by atoms with Crippen molar-refractivity contribution < 1.29 is 4.92 Å². The highest BCUT2D eigenvalue weighted by Crippen LogP contribution is 2.10. The van der Waals surface area contributed by atoms with Crippen LogP contribution in [0.4, 0.5) is 5.82 Å². The van der Waals surface area contributed by atoms with E-state index >= 15 is 0 Å². The lowest BCUT2D eigenvalue weighted by Gasteiger charge is -2.01. The lowest BCUT2D eigenvalue weighted by molar-refractivity contribution is -0.389. The molecule has 0 spiro atoms. The summed E-state index contributed by atoms with van der Waals surface area (Å²) >= 11 is 1.44. The van der Waals surface area contributed by atoms with Crippen molar-refractivity contribution in [1.29, 1.82) is 0 Å². The molecule has 0 atom stereocenters. The van der Waals surface area contributed by atoms with E-state index in [0.29, 0.717) is 6.54 Å². The summed E-state index contributed by atoms with van der Waals surface area (Å²) in [4.78, 5) is 30.7. The SMILES string of the molecule is O=c1c2nc([N+](=O)[O-])cn2ccn1Cc1cncs1. The smallest absolute Gasteiger partial charge is 0.358 e. The van der Waals surface area contributed by atoms with Gasteiger partial charge in [0.1, 0.15) is 6.20 Å². The van der Waals surface area contributed by atoms with E-state index in [1.54, 1.807) is 24.1 Å². The van der Waals surface area contributed by atoms with E-state index in [1.807, 2.05) is 0 Å². The van der Waals surface area contributed by atoms with Crippen LogP contribution in [0, 0.1) is 10.1 Å². The molecule has 3 rings (SSSR count). The van der Waals surface area contributed by atoms with Gasteiger partial charge in [0.15, 0.2) is 0 Å². The molecule has 96 valence electrons. The minimum Gasteiger partial charge on any atom is -0.358 e. The predicted molar refractivity (Wildman–Crippen MR) is 67.3 cm³/mol. The molecule has 0 aliphatic rings. The van der Waals surface area contributed by atoms with Crippen LogP contribution >= 0.6 is 11.3 Å². The Labute approximate surface area is 109 Å². The van der Waals surface area contributed by atoms with E-state index in [4.69, 9.17) is 0 Å². The molecule has 3 aromatic heterocycles. The van der Waals surface area contributed by atoms with Crippen LogP contribution in [0.3, 0.4) is 0 Å². The Balaban J connectivity index is 2.10. The average Bonchev–Trinajstić information content (AvgIpc) is 3.02. The minimum absolute atomic E-state index is 0.0405. The monoisotopic (exact) mass is 277 g/mol. The van der Waals surface area contributed by atoms with Crippen LogP contribution in [0.15, 0.2) is 35.1 Å². The molecule has 0 aromatic carbocycles. The van der Waals surface area contributed by atoms with E-state index < -0.39 is 4.92 Å². The van der Waals surface area contributed by atoms with Gasteiger partial charge in [-0.3, -0.25) is 14.2 Å². The second-order valence-corrected chi connectivity index (χ2v) is 4.76. The zero-order valence-electron chi connectivity index (χ0n) is 9.46. The number of hydrogen-bond donors (Lipinski definition) is 0. The van der Waals surface area contributed by atoms with Crippen LogP contribution in [-0.4, -0.2) is 23.9 Å². The molecule has 0 aliphatic carbocycles. The molecule has 0 N–H and O–H groups in total. The van der Waals surface area contributed by atoms with Crippen molar-refractivity contribution in [3.8, 4) is 0 Å². The Hall–Kier alpha value is -2.55. The number of aromatic nitrogens is 4. The Morgan fingerprint density at radius 1 is 1.42 bits per heavy atom. The van der Waals surface area contributed by atoms with Gasteiger partial charge < -0.3 is 14.7 Å². The Morgan fingerprint density at radius 2 is 2.26 bits per heavy atom. The average molecular weight is 277 g/mol. The number of thiazole rings is 1. The predicted octanol–water partition coefficient (Wildman–Crippen LogP) is 0.909. The lowest BCUT2D eigenvalue weighted by Crippen LogP contribution is -2.21. The molecule has 0 aliphatic heterocycles. The molecule has 0 fully saturated rings. The van der Waals surface area contributed by atoms with Gasteiger partial charge in [-0.25, -0.2) is 0 Å². The largest absolute Gasteiger partial charge is 0.382 e. The van der Waals surface area contributed by atoms with Gasteiger partial charge in [-0.2, -0.15) is 0 Å². The van der Waals surface area contributed by atoms with Crippen LogP contribution in [-0.2, 0) is 6.54 Å². The fraction of sp³-hybridized carbons (Fsp3) is 0.100. The molecule has 0 amide bonds. The number of hydrogen-bond acceptors (Lipinski definition) is 6. The lowest BCUT2D eigenvalue weighted by atomic mass is 10.5. The first-order valence-corrected chi connectivity index (χ1v) is 6.13. The maximum atomic E-state index is 12.1. The summed E-state index contributed by atoms with van der Waals surface area (Å²) in [5, 5.41) is 10.6. The Morgan fingerprint density at radius 3 is 2.95 bits per heavy atom. The highest BCUT2D eigenvalue weighted by molar-refractivity contribution is 7.09. The first-order chi connectivity index (χ1) is 9.15. The first kappa shape index (κ1) is 11.5. The van der Waals surface area contributed by atoms with Crippen molar-refractivity contribution in [3.63, 3.8) is 0 Å². The highest BCUT2D eigenvalue weighted by Gasteiger charge is 2.17. The van der Waals surface area contributed by atoms with Gasteiger partial charge in [-0.05, 0) is 9.91 Å². The van der Waals surface area contributed by atoms with Gasteiger partial charge in [0.2, 0.25) is 0 Å². The third kappa shape index (κ3) is 1.99. The van der Waals surface area contributed by atoms with Crippen molar-refractivity contribution in [2.45, 2.75) is 6.54 Å². The topological polar surface area (TPSA) is 95.3 Å². The summed E-state index contributed by atoms with van der Waals surface area (Å²) in [7, 11) is 0. The molecule has 8 nitrogen and oxygen atoms in total. The molecular weight excluding hydrogens is 270 g/mol. The normalized spacial score (nSPS) is 10.9. The molecule has 19 heavy (non-hydrogen) atoms. The Bertz CT molecular complexity index is 804. The fourth-order valence-electron chi connectivity index (χ4n) is 1.70. The molecule has 0 saturated carbocycles. The number of nitrogens with zero attached hydrogens (tertiary/aromatic N) is 5. The molecule has 3 heterocycles. The van der Waals surface area contributed by atoms with Gasteiger partial charge in [0.25, 0.3) is 0 Å². The molecule has 0 unspecified atom stereocenters. The summed E-state index contributed by atoms with van der Waals surface area (Å²) in [6.45, 7) is 0.376. The minimum atomic E-state index is -0.625. The molecule has 0 radical (unpaired) electrons. The summed E-state index contributed by atoms with van der Waals surface area (Å²) < 4.78 is 2.79. The maximum Gasteiger partial charge on any atom is 0.382 e. The standard InChI is InChI=1S/C10H7N5O3S/c16-10-9-12-8(15(17)18)5-13(9)1-2-14(10)4-7-3-11-6-19-7/h1-3,5-6H,4H2. The summed E-state index contributed by atoms with van der Waals surface area (Å²) in [5.74, 6) is -0.340. The third-order valence-electron chi connectivity index (χ3n) is 2.58.